The molecule has 0 radical (unpaired) electrons. The molecule has 5 heteroatoms. The molecule has 1 aliphatic heterocycles. The second kappa shape index (κ2) is 5.14. The van der Waals surface area contributed by atoms with Gasteiger partial charge < -0.3 is 15.5 Å². The topological polar surface area (TPSA) is 44.4 Å². The number of carbonyl (C=O) groups excluding carboxylic acids is 1. The summed E-state index contributed by atoms with van der Waals surface area (Å²) in [6.07, 6.45) is 0.966. The molecule has 1 aromatic rings. The summed E-state index contributed by atoms with van der Waals surface area (Å²) in [7, 11) is 1.89. The Kier molecular flexibility index (Phi) is 3.58. The number of amides is 2. The fraction of sp³-hybridized carbons (Fsp3) is 0.417. The number of urea groups is 1. The molecule has 2 amide bonds. The maximum Gasteiger partial charge on any atom is 0.321 e. The SMILES string of the molecule is CNC1CCN(C(=O)Nc2ccc(F)cc2)C1. The van der Waals surface area contributed by atoms with Crippen molar-refractivity contribution in [2.75, 3.05) is 25.5 Å². The van der Waals surface area contributed by atoms with E-state index in [9.17, 15) is 9.18 Å². The van der Waals surface area contributed by atoms with Crippen molar-refractivity contribution in [3.8, 4) is 0 Å². The van der Waals surface area contributed by atoms with Gasteiger partial charge in [-0.05, 0) is 37.7 Å². The molecule has 0 bridgehead atoms. The van der Waals surface area contributed by atoms with Crippen LogP contribution in [0.15, 0.2) is 24.3 Å². The van der Waals surface area contributed by atoms with Gasteiger partial charge in [0, 0.05) is 24.8 Å². The predicted molar refractivity (Wildman–Crippen MR) is 64.5 cm³/mol. The molecule has 0 aromatic heterocycles. The Balaban J connectivity index is 1.91. The lowest BCUT2D eigenvalue weighted by Gasteiger charge is -2.17. The predicted octanol–water partition coefficient (Wildman–Crippen LogP) is 1.65. The third kappa shape index (κ3) is 2.94. The molecule has 0 aliphatic carbocycles. The number of nitrogens with one attached hydrogen (secondary N) is 2. The first-order valence-corrected chi connectivity index (χ1v) is 5.68. The number of likely N-dealkylation sites (tertiary alicyclic amines) is 1. The molecular formula is C12H16FN3O. The molecular weight excluding hydrogens is 221 g/mol. The minimum Gasteiger partial charge on any atom is -0.323 e. The van der Waals surface area contributed by atoms with Crippen molar-refractivity contribution in [1.82, 2.24) is 10.2 Å². The van der Waals surface area contributed by atoms with Crippen molar-refractivity contribution >= 4 is 11.7 Å². The van der Waals surface area contributed by atoms with Gasteiger partial charge in [-0.3, -0.25) is 0 Å². The Hall–Kier alpha value is -1.62. The Labute approximate surface area is 99.8 Å². The molecule has 17 heavy (non-hydrogen) atoms. The molecule has 0 saturated carbocycles. The van der Waals surface area contributed by atoms with E-state index in [4.69, 9.17) is 0 Å². The van der Waals surface area contributed by atoms with Crippen molar-refractivity contribution < 1.29 is 9.18 Å². The second-order valence-corrected chi connectivity index (χ2v) is 4.16. The van der Waals surface area contributed by atoms with Gasteiger partial charge in [0.15, 0.2) is 0 Å². The van der Waals surface area contributed by atoms with E-state index in [1.54, 1.807) is 17.0 Å². The highest BCUT2D eigenvalue weighted by molar-refractivity contribution is 5.89. The molecule has 2 N–H and O–H groups in total. The molecule has 4 nitrogen and oxygen atoms in total. The van der Waals surface area contributed by atoms with Crippen LogP contribution in [-0.4, -0.2) is 37.1 Å². The summed E-state index contributed by atoms with van der Waals surface area (Å²) < 4.78 is 12.7. The van der Waals surface area contributed by atoms with Gasteiger partial charge in [-0.2, -0.15) is 0 Å². The molecule has 92 valence electrons. The standard InChI is InChI=1S/C12H16FN3O/c1-14-11-6-7-16(8-11)12(17)15-10-4-2-9(13)3-5-10/h2-5,11,14H,6-8H2,1H3,(H,15,17). The van der Waals surface area contributed by atoms with E-state index >= 15 is 0 Å². The highest BCUT2D eigenvalue weighted by Gasteiger charge is 2.24. The third-order valence-electron chi connectivity index (χ3n) is 2.98. The van der Waals surface area contributed by atoms with E-state index in [1.165, 1.54) is 12.1 Å². The zero-order valence-electron chi connectivity index (χ0n) is 9.74. The lowest BCUT2D eigenvalue weighted by molar-refractivity contribution is 0.221. The number of benzene rings is 1. The molecule has 1 heterocycles. The quantitative estimate of drug-likeness (QED) is 0.821. The van der Waals surface area contributed by atoms with Gasteiger partial charge in [0.2, 0.25) is 0 Å². The summed E-state index contributed by atoms with van der Waals surface area (Å²) in [6.45, 7) is 1.46. The Morgan fingerprint density at radius 1 is 1.41 bits per heavy atom. The molecule has 2 rings (SSSR count). The van der Waals surface area contributed by atoms with Gasteiger partial charge in [0.05, 0.1) is 0 Å². The van der Waals surface area contributed by atoms with E-state index in [-0.39, 0.29) is 11.8 Å². The minimum absolute atomic E-state index is 0.130. The number of nitrogens with zero attached hydrogens (tertiary/aromatic N) is 1. The van der Waals surface area contributed by atoms with Gasteiger partial charge >= 0.3 is 6.03 Å². The van der Waals surface area contributed by atoms with E-state index in [0.29, 0.717) is 18.3 Å². The monoisotopic (exact) mass is 237 g/mol. The van der Waals surface area contributed by atoms with Crippen LogP contribution in [0.3, 0.4) is 0 Å². The fourth-order valence-corrected chi connectivity index (χ4v) is 1.92. The van der Waals surface area contributed by atoms with Crippen LogP contribution >= 0.6 is 0 Å². The Morgan fingerprint density at radius 3 is 2.71 bits per heavy atom. The number of hydrogen-bond donors (Lipinski definition) is 2. The van der Waals surface area contributed by atoms with E-state index in [0.717, 1.165) is 13.0 Å². The first-order chi connectivity index (χ1) is 8.19. The van der Waals surface area contributed by atoms with Crippen LogP contribution < -0.4 is 10.6 Å². The van der Waals surface area contributed by atoms with Crippen molar-refractivity contribution in [3.63, 3.8) is 0 Å². The van der Waals surface area contributed by atoms with Crippen molar-refractivity contribution in [2.45, 2.75) is 12.5 Å². The van der Waals surface area contributed by atoms with Gasteiger partial charge in [0.1, 0.15) is 5.82 Å². The number of likely N-dealkylation sites (N-methyl/N-ethyl adjacent to an activating group) is 1. The van der Waals surface area contributed by atoms with Crippen LogP contribution in [0, 0.1) is 5.82 Å². The van der Waals surface area contributed by atoms with Crippen LogP contribution in [0.1, 0.15) is 6.42 Å². The molecule has 1 atom stereocenters. The Morgan fingerprint density at radius 2 is 2.12 bits per heavy atom. The van der Waals surface area contributed by atoms with Crippen molar-refractivity contribution in [3.05, 3.63) is 30.1 Å². The minimum atomic E-state index is -0.306. The number of anilines is 1. The van der Waals surface area contributed by atoms with Crippen LogP contribution in [0.25, 0.3) is 0 Å². The van der Waals surface area contributed by atoms with E-state index < -0.39 is 0 Å². The van der Waals surface area contributed by atoms with Gasteiger partial charge in [-0.25, -0.2) is 9.18 Å². The van der Waals surface area contributed by atoms with Crippen LogP contribution in [0.4, 0.5) is 14.9 Å². The number of hydrogen-bond acceptors (Lipinski definition) is 2. The van der Waals surface area contributed by atoms with E-state index in [1.807, 2.05) is 7.05 Å². The number of rotatable bonds is 2. The van der Waals surface area contributed by atoms with Crippen molar-refractivity contribution in [2.24, 2.45) is 0 Å². The van der Waals surface area contributed by atoms with Crippen LogP contribution in [-0.2, 0) is 0 Å². The van der Waals surface area contributed by atoms with Gasteiger partial charge in [-0.15, -0.1) is 0 Å². The maximum absolute atomic E-state index is 12.7. The summed E-state index contributed by atoms with van der Waals surface area (Å²) in [5, 5.41) is 5.90. The lowest BCUT2D eigenvalue weighted by Crippen LogP contribution is -2.36. The lowest BCUT2D eigenvalue weighted by atomic mass is 10.3. The Bertz CT molecular complexity index is 393. The number of halogens is 1. The smallest absolute Gasteiger partial charge is 0.321 e. The van der Waals surface area contributed by atoms with Crippen LogP contribution in [0.5, 0.6) is 0 Å². The highest BCUT2D eigenvalue weighted by Crippen LogP contribution is 2.13. The summed E-state index contributed by atoms with van der Waals surface area (Å²) in [6, 6.07) is 6.01. The summed E-state index contributed by atoms with van der Waals surface area (Å²) in [5.41, 5.74) is 0.615. The first kappa shape index (κ1) is 11.9. The summed E-state index contributed by atoms with van der Waals surface area (Å²) in [5.74, 6) is -0.306. The second-order valence-electron chi connectivity index (χ2n) is 4.16. The molecule has 1 aliphatic rings. The average Bonchev–Trinajstić information content (AvgIpc) is 2.81. The largest absolute Gasteiger partial charge is 0.323 e. The highest BCUT2D eigenvalue weighted by atomic mass is 19.1. The molecule has 1 unspecified atom stereocenters. The first-order valence-electron chi connectivity index (χ1n) is 5.68. The van der Waals surface area contributed by atoms with Crippen LogP contribution in [0.2, 0.25) is 0 Å². The third-order valence-corrected chi connectivity index (χ3v) is 2.98. The van der Waals surface area contributed by atoms with E-state index in [2.05, 4.69) is 10.6 Å². The normalized spacial score (nSPS) is 19.4. The van der Waals surface area contributed by atoms with Gasteiger partial charge in [-0.1, -0.05) is 0 Å². The maximum atomic E-state index is 12.7. The average molecular weight is 237 g/mol. The fourth-order valence-electron chi connectivity index (χ4n) is 1.92. The molecule has 1 aromatic carbocycles. The number of carbonyl (C=O) groups is 1. The zero-order chi connectivity index (χ0) is 12.3. The summed E-state index contributed by atoms with van der Waals surface area (Å²) in [4.78, 5) is 13.6. The zero-order valence-corrected chi connectivity index (χ0v) is 9.74. The molecule has 0 spiro atoms. The molecule has 1 fully saturated rings. The van der Waals surface area contributed by atoms with Crippen molar-refractivity contribution in [1.29, 1.82) is 0 Å². The molecule has 1 saturated heterocycles. The van der Waals surface area contributed by atoms with Gasteiger partial charge in [0.25, 0.3) is 0 Å². The summed E-state index contributed by atoms with van der Waals surface area (Å²) >= 11 is 0.